The summed E-state index contributed by atoms with van der Waals surface area (Å²) in [4.78, 5) is 25.4. The maximum atomic E-state index is 12.5. The summed E-state index contributed by atoms with van der Waals surface area (Å²) < 4.78 is 34.3. The maximum absolute atomic E-state index is 12.5. The average Bonchev–Trinajstić information content (AvgIpc) is 3.01. The van der Waals surface area contributed by atoms with E-state index in [1.165, 1.54) is 12.1 Å². The monoisotopic (exact) mass is 340 g/mol. The first-order chi connectivity index (χ1) is 11.5. The number of hydrogen-bond donors (Lipinski definition) is 1. The molecule has 6 nitrogen and oxygen atoms in total. The molecule has 2 aliphatic heterocycles. The van der Waals surface area contributed by atoms with Crippen molar-refractivity contribution >= 4 is 11.8 Å². The highest BCUT2D eigenvalue weighted by Crippen LogP contribution is 2.25. The van der Waals surface area contributed by atoms with Crippen molar-refractivity contribution in [2.75, 3.05) is 19.7 Å². The average molecular weight is 340 g/mol. The number of halogens is 2. The minimum Gasteiger partial charge on any atom is -0.435 e. The number of morpholine rings is 1. The van der Waals surface area contributed by atoms with E-state index in [2.05, 4.69) is 10.1 Å². The molecule has 2 amide bonds. The molecule has 24 heavy (non-hydrogen) atoms. The minimum absolute atomic E-state index is 0.0751. The van der Waals surface area contributed by atoms with Gasteiger partial charge in [-0.3, -0.25) is 9.59 Å². The normalized spacial score (nSPS) is 24.1. The summed E-state index contributed by atoms with van der Waals surface area (Å²) in [5.74, 6) is -0.134. The summed E-state index contributed by atoms with van der Waals surface area (Å²) in [6, 6.07) is 5.73. The Hall–Kier alpha value is -2.22. The number of amides is 2. The Bertz CT molecular complexity index is 609. The second-order valence-corrected chi connectivity index (χ2v) is 5.75. The van der Waals surface area contributed by atoms with Crippen LogP contribution in [0.2, 0.25) is 0 Å². The Labute approximate surface area is 137 Å². The third-order valence-corrected chi connectivity index (χ3v) is 4.15. The first kappa shape index (κ1) is 16.6. The van der Waals surface area contributed by atoms with Crippen molar-refractivity contribution in [3.63, 3.8) is 0 Å². The van der Waals surface area contributed by atoms with E-state index in [0.29, 0.717) is 32.5 Å². The third kappa shape index (κ3) is 3.81. The lowest BCUT2D eigenvalue weighted by atomic mass is 10.1. The van der Waals surface area contributed by atoms with E-state index >= 15 is 0 Å². The molecular formula is C16H18F2N2O4. The second kappa shape index (κ2) is 7.12. The summed E-state index contributed by atoms with van der Waals surface area (Å²) in [7, 11) is 0. The summed E-state index contributed by atoms with van der Waals surface area (Å²) in [6.07, 6.45) is 0.551. The minimum atomic E-state index is -2.86. The van der Waals surface area contributed by atoms with Crippen LogP contribution >= 0.6 is 0 Å². The maximum Gasteiger partial charge on any atom is 0.387 e. The van der Waals surface area contributed by atoms with Crippen LogP contribution in [0.5, 0.6) is 5.75 Å². The van der Waals surface area contributed by atoms with Crippen molar-refractivity contribution in [2.45, 2.75) is 31.6 Å². The van der Waals surface area contributed by atoms with Gasteiger partial charge >= 0.3 is 6.61 Å². The number of rotatable bonds is 4. The van der Waals surface area contributed by atoms with Gasteiger partial charge in [-0.2, -0.15) is 8.78 Å². The molecule has 2 heterocycles. The van der Waals surface area contributed by atoms with Crippen molar-refractivity contribution in [3.05, 3.63) is 29.8 Å². The number of alkyl halides is 2. The highest BCUT2D eigenvalue weighted by molar-refractivity contribution is 5.90. The highest BCUT2D eigenvalue weighted by atomic mass is 19.3. The fraction of sp³-hybridized carbons (Fsp3) is 0.500. The molecule has 0 aromatic heterocycles. The molecule has 2 atom stereocenters. The molecule has 3 rings (SSSR count). The van der Waals surface area contributed by atoms with E-state index in [9.17, 15) is 18.4 Å². The molecule has 1 aromatic rings. The van der Waals surface area contributed by atoms with E-state index in [1.54, 1.807) is 17.0 Å². The predicted octanol–water partition coefficient (Wildman–Crippen LogP) is 1.47. The molecule has 0 saturated carbocycles. The largest absolute Gasteiger partial charge is 0.435 e. The van der Waals surface area contributed by atoms with E-state index in [1.807, 2.05) is 0 Å². The predicted molar refractivity (Wildman–Crippen MR) is 79.5 cm³/mol. The van der Waals surface area contributed by atoms with Crippen LogP contribution in [0.25, 0.3) is 0 Å². The number of hydrogen-bond acceptors (Lipinski definition) is 4. The SMILES string of the molecule is O=C1CC[C@H](C(=O)N2CCO[C@H](c3ccc(OC(F)F)cc3)C2)N1. The molecule has 130 valence electrons. The standard InChI is InChI=1S/C16H18F2N2O4/c17-16(18)24-11-3-1-10(2-4-11)13-9-20(7-8-23-13)15(22)12-5-6-14(21)19-12/h1-4,12-13,16H,5-9H2,(H,19,21)/t12-,13+/m1/s1. The van der Waals surface area contributed by atoms with Crippen molar-refractivity contribution in [2.24, 2.45) is 0 Å². The lowest BCUT2D eigenvalue weighted by molar-refractivity contribution is -0.141. The van der Waals surface area contributed by atoms with Gasteiger partial charge in [0.05, 0.1) is 13.2 Å². The first-order valence-electron chi connectivity index (χ1n) is 7.77. The Morgan fingerprint density at radius 2 is 2.08 bits per heavy atom. The van der Waals surface area contributed by atoms with Crippen molar-refractivity contribution in [1.29, 1.82) is 0 Å². The summed E-state index contributed by atoms with van der Waals surface area (Å²) >= 11 is 0. The van der Waals surface area contributed by atoms with E-state index < -0.39 is 12.7 Å². The summed E-state index contributed by atoms with van der Waals surface area (Å²) in [6.45, 7) is -1.66. The molecule has 2 saturated heterocycles. The van der Waals surface area contributed by atoms with Crippen molar-refractivity contribution in [3.8, 4) is 5.75 Å². The number of carbonyl (C=O) groups excluding carboxylic acids is 2. The molecule has 1 N–H and O–H groups in total. The molecule has 0 radical (unpaired) electrons. The zero-order valence-electron chi connectivity index (χ0n) is 12.9. The molecular weight excluding hydrogens is 322 g/mol. The van der Waals surface area contributed by atoms with Crippen LogP contribution < -0.4 is 10.1 Å². The van der Waals surface area contributed by atoms with Gasteiger partial charge in [-0.25, -0.2) is 0 Å². The van der Waals surface area contributed by atoms with Gasteiger partial charge in [0, 0.05) is 13.0 Å². The highest BCUT2D eigenvalue weighted by Gasteiger charge is 2.33. The van der Waals surface area contributed by atoms with Crippen molar-refractivity contribution in [1.82, 2.24) is 10.2 Å². The third-order valence-electron chi connectivity index (χ3n) is 4.15. The second-order valence-electron chi connectivity index (χ2n) is 5.75. The van der Waals surface area contributed by atoms with Gasteiger partial charge in [0.15, 0.2) is 0 Å². The molecule has 0 aliphatic carbocycles. The van der Waals surface area contributed by atoms with Crippen LogP contribution in [-0.2, 0) is 14.3 Å². The van der Waals surface area contributed by atoms with Gasteiger partial charge in [-0.15, -0.1) is 0 Å². The Kier molecular flexibility index (Phi) is 4.94. The molecule has 0 spiro atoms. The topological polar surface area (TPSA) is 67.9 Å². The molecule has 2 fully saturated rings. The lowest BCUT2D eigenvalue weighted by Crippen LogP contribution is -2.49. The van der Waals surface area contributed by atoms with Gasteiger partial charge in [-0.05, 0) is 24.1 Å². The van der Waals surface area contributed by atoms with Gasteiger partial charge in [0.2, 0.25) is 11.8 Å². The van der Waals surface area contributed by atoms with E-state index in [0.717, 1.165) is 5.56 Å². The first-order valence-corrected chi connectivity index (χ1v) is 7.77. The zero-order chi connectivity index (χ0) is 17.1. The number of benzene rings is 1. The lowest BCUT2D eigenvalue weighted by Gasteiger charge is -2.34. The Morgan fingerprint density at radius 1 is 1.33 bits per heavy atom. The Balaban J connectivity index is 1.62. The number of nitrogens with zero attached hydrogens (tertiary/aromatic N) is 1. The molecule has 1 aromatic carbocycles. The van der Waals surface area contributed by atoms with Gasteiger partial charge in [0.25, 0.3) is 0 Å². The van der Waals surface area contributed by atoms with Crippen LogP contribution in [0.4, 0.5) is 8.78 Å². The molecule has 8 heteroatoms. The molecule has 0 unspecified atom stereocenters. The smallest absolute Gasteiger partial charge is 0.387 e. The van der Waals surface area contributed by atoms with Crippen molar-refractivity contribution < 1.29 is 27.8 Å². The fourth-order valence-electron chi connectivity index (χ4n) is 2.93. The van der Waals surface area contributed by atoms with Crippen LogP contribution in [0.1, 0.15) is 24.5 Å². The number of carbonyl (C=O) groups is 2. The Morgan fingerprint density at radius 3 is 2.71 bits per heavy atom. The fourth-order valence-corrected chi connectivity index (χ4v) is 2.93. The quantitative estimate of drug-likeness (QED) is 0.901. The van der Waals surface area contributed by atoms with Crippen LogP contribution in [0, 0.1) is 0 Å². The van der Waals surface area contributed by atoms with E-state index in [4.69, 9.17) is 4.74 Å². The van der Waals surface area contributed by atoms with Gasteiger partial charge in [0.1, 0.15) is 17.9 Å². The number of ether oxygens (including phenoxy) is 2. The zero-order valence-corrected chi connectivity index (χ0v) is 12.9. The number of nitrogens with one attached hydrogen (secondary N) is 1. The van der Waals surface area contributed by atoms with Crippen LogP contribution in [0.3, 0.4) is 0 Å². The van der Waals surface area contributed by atoms with Crippen LogP contribution in [-0.4, -0.2) is 49.1 Å². The summed E-state index contributed by atoms with van der Waals surface area (Å²) in [5, 5.41) is 2.67. The van der Waals surface area contributed by atoms with Gasteiger partial charge < -0.3 is 19.7 Å². The molecule has 2 aliphatic rings. The molecule has 0 bridgehead atoms. The van der Waals surface area contributed by atoms with Gasteiger partial charge in [-0.1, -0.05) is 12.1 Å². The van der Waals surface area contributed by atoms with Crippen LogP contribution in [0.15, 0.2) is 24.3 Å². The van der Waals surface area contributed by atoms with E-state index in [-0.39, 0.29) is 23.7 Å². The summed E-state index contributed by atoms with van der Waals surface area (Å²) in [5.41, 5.74) is 0.782.